The number of methoxy groups -OCH3 is 1. The second-order valence-corrected chi connectivity index (χ2v) is 4.94. The molecule has 1 amide bonds. The van der Waals surface area contributed by atoms with Gasteiger partial charge in [-0.3, -0.25) is 9.78 Å². The van der Waals surface area contributed by atoms with Crippen LogP contribution in [0.4, 0.5) is 5.69 Å². The highest BCUT2D eigenvalue weighted by atomic mass is 79.9. The number of nitrogens with zero attached hydrogens (tertiary/aromatic N) is 1. The maximum Gasteiger partial charge on any atom is 0.337 e. The van der Waals surface area contributed by atoms with Crippen LogP contribution in [0.5, 0.6) is 5.75 Å². The molecule has 21 heavy (non-hydrogen) atoms. The van der Waals surface area contributed by atoms with E-state index in [9.17, 15) is 9.59 Å². The van der Waals surface area contributed by atoms with Gasteiger partial charge in [0.15, 0.2) is 0 Å². The van der Waals surface area contributed by atoms with Crippen LogP contribution in [0.3, 0.4) is 0 Å². The lowest BCUT2D eigenvalue weighted by atomic mass is 10.1. The zero-order valence-electron chi connectivity index (χ0n) is 11.0. The molecule has 2 N–H and O–H groups in total. The van der Waals surface area contributed by atoms with Crippen molar-refractivity contribution in [3.8, 4) is 5.75 Å². The molecule has 1 aromatic heterocycles. The van der Waals surface area contributed by atoms with E-state index in [4.69, 9.17) is 9.84 Å². The molecule has 2 rings (SSSR count). The minimum atomic E-state index is -1.14. The first kappa shape index (κ1) is 15.0. The number of carbonyl (C=O) groups excluding carboxylic acids is 1. The molecule has 1 heterocycles. The maximum absolute atomic E-state index is 12.3. The Morgan fingerprint density at radius 2 is 2.05 bits per heavy atom. The van der Waals surface area contributed by atoms with Crippen LogP contribution in [0, 0.1) is 0 Å². The highest BCUT2D eigenvalue weighted by Crippen LogP contribution is 2.25. The number of benzene rings is 1. The lowest BCUT2D eigenvalue weighted by molar-refractivity contribution is 0.0698. The first-order chi connectivity index (χ1) is 10.0. The van der Waals surface area contributed by atoms with Gasteiger partial charge in [-0.05, 0) is 24.3 Å². The summed E-state index contributed by atoms with van der Waals surface area (Å²) >= 11 is 3.28. The van der Waals surface area contributed by atoms with Crippen molar-refractivity contribution in [1.82, 2.24) is 4.98 Å². The van der Waals surface area contributed by atoms with E-state index >= 15 is 0 Å². The number of pyridine rings is 1. The number of ether oxygens (including phenoxy) is 1. The second kappa shape index (κ2) is 6.36. The summed E-state index contributed by atoms with van der Waals surface area (Å²) in [6, 6.07) is 6.24. The lowest BCUT2D eigenvalue weighted by Crippen LogP contribution is -2.16. The van der Waals surface area contributed by atoms with E-state index in [2.05, 4.69) is 26.2 Å². The molecule has 108 valence electrons. The van der Waals surface area contributed by atoms with Crippen LogP contribution in [-0.2, 0) is 0 Å². The fourth-order valence-corrected chi connectivity index (χ4v) is 2.06. The summed E-state index contributed by atoms with van der Waals surface area (Å²) in [6.45, 7) is 0. The molecule has 2 aromatic rings. The van der Waals surface area contributed by atoms with Crippen LogP contribution in [0.1, 0.15) is 20.7 Å². The summed E-state index contributed by atoms with van der Waals surface area (Å²) in [5.41, 5.74) is 0.385. The van der Waals surface area contributed by atoms with Gasteiger partial charge < -0.3 is 15.2 Å². The number of carbonyl (C=O) groups is 2. The minimum Gasteiger partial charge on any atom is -0.496 e. The number of halogens is 1. The van der Waals surface area contributed by atoms with Crippen molar-refractivity contribution in [2.75, 3.05) is 12.4 Å². The van der Waals surface area contributed by atoms with Crippen molar-refractivity contribution in [3.63, 3.8) is 0 Å². The SMILES string of the molecule is COc1cc(Br)ccc1C(=O)Nc1cnccc1C(=O)O. The van der Waals surface area contributed by atoms with Gasteiger partial charge in [-0.2, -0.15) is 0 Å². The van der Waals surface area contributed by atoms with E-state index < -0.39 is 11.9 Å². The Labute approximate surface area is 128 Å². The van der Waals surface area contributed by atoms with Crippen molar-refractivity contribution in [3.05, 3.63) is 52.3 Å². The van der Waals surface area contributed by atoms with Gasteiger partial charge >= 0.3 is 5.97 Å². The summed E-state index contributed by atoms with van der Waals surface area (Å²) in [7, 11) is 1.45. The molecule has 0 unspecified atom stereocenters. The molecule has 0 fully saturated rings. The number of aromatic nitrogens is 1. The van der Waals surface area contributed by atoms with E-state index in [-0.39, 0.29) is 11.3 Å². The van der Waals surface area contributed by atoms with E-state index in [0.717, 1.165) is 4.47 Å². The molecule has 1 aromatic carbocycles. The Bertz CT molecular complexity index is 703. The second-order valence-electron chi connectivity index (χ2n) is 4.03. The molecule has 0 spiro atoms. The van der Waals surface area contributed by atoms with Crippen LogP contribution in [0.2, 0.25) is 0 Å². The van der Waals surface area contributed by atoms with Crippen molar-refractivity contribution >= 4 is 33.5 Å². The van der Waals surface area contributed by atoms with Gasteiger partial charge in [0.1, 0.15) is 5.75 Å². The van der Waals surface area contributed by atoms with Gasteiger partial charge in [-0.1, -0.05) is 15.9 Å². The van der Waals surface area contributed by atoms with Gasteiger partial charge in [0.25, 0.3) is 5.91 Å². The van der Waals surface area contributed by atoms with E-state index in [1.807, 2.05) is 0 Å². The van der Waals surface area contributed by atoms with Crippen LogP contribution in [0.15, 0.2) is 41.1 Å². The van der Waals surface area contributed by atoms with Gasteiger partial charge in [-0.25, -0.2) is 4.79 Å². The first-order valence-electron chi connectivity index (χ1n) is 5.85. The number of rotatable bonds is 4. The fraction of sp³-hybridized carbons (Fsp3) is 0.0714. The molecule has 0 aliphatic heterocycles. The standard InChI is InChI=1S/C14H11BrN2O4/c1-21-12-6-8(15)2-3-10(12)13(18)17-11-7-16-5-4-9(11)14(19)20/h2-7H,1H3,(H,17,18)(H,19,20). The Kier molecular flexibility index (Phi) is 4.54. The average Bonchev–Trinajstić information content (AvgIpc) is 2.47. The molecular formula is C14H11BrN2O4. The maximum atomic E-state index is 12.3. The van der Waals surface area contributed by atoms with Crippen molar-refractivity contribution in [1.29, 1.82) is 0 Å². The molecule has 0 saturated heterocycles. The number of hydrogen-bond donors (Lipinski definition) is 2. The van der Waals surface area contributed by atoms with Crippen LogP contribution < -0.4 is 10.1 Å². The number of nitrogens with one attached hydrogen (secondary N) is 1. The summed E-state index contributed by atoms with van der Waals surface area (Å²) in [5, 5.41) is 11.6. The van der Waals surface area contributed by atoms with E-state index in [0.29, 0.717) is 11.3 Å². The molecule has 7 heteroatoms. The predicted octanol–water partition coefficient (Wildman–Crippen LogP) is 2.80. The summed E-state index contributed by atoms with van der Waals surface area (Å²) in [6.07, 6.45) is 2.63. The zero-order chi connectivity index (χ0) is 15.4. The Morgan fingerprint density at radius 3 is 2.71 bits per heavy atom. The summed E-state index contributed by atoms with van der Waals surface area (Å²) in [4.78, 5) is 27.2. The van der Waals surface area contributed by atoms with E-state index in [1.54, 1.807) is 18.2 Å². The number of aromatic carboxylic acids is 1. The number of amides is 1. The van der Waals surface area contributed by atoms with Crippen molar-refractivity contribution in [2.24, 2.45) is 0 Å². The molecular weight excluding hydrogens is 340 g/mol. The third-order valence-electron chi connectivity index (χ3n) is 2.71. The molecule has 0 aliphatic carbocycles. The van der Waals surface area contributed by atoms with Gasteiger partial charge in [0.2, 0.25) is 0 Å². The molecule has 0 bridgehead atoms. The lowest BCUT2D eigenvalue weighted by Gasteiger charge is -2.11. The Hall–Kier alpha value is -2.41. The monoisotopic (exact) mass is 350 g/mol. The number of hydrogen-bond acceptors (Lipinski definition) is 4. The minimum absolute atomic E-state index is 0.0329. The Balaban J connectivity index is 2.33. The van der Waals surface area contributed by atoms with Crippen molar-refractivity contribution < 1.29 is 19.4 Å². The van der Waals surface area contributed by atoms with Crippen LogP contribution in [-0.4, -0.2) is 29.1 Å². The smallest absolute Gasteiger partial charge is 0.337 e. The number of carboxylic acid groups (broad SMARTS) is 1. The quantitative estimate of drug-likeness (QED) is 0.884. The van der Waals surface area contributed by atoms with Crippen LogP contribution in [0.25, 0.3) is 0 Å². The Morgan fingerprint density at radius 1 is 1.29 bits per heavy atom. The largest absolute Gasteiger partial charge is 0.496 e. The fourth-order valence-electron chi connectivity index (χ4n) is 1.72. The molecule has 6 nitrogen and oxygen atoms in total. The third kappa shape index (κ3) is 3.38. The van der Waals surface area contributed by atoms with Gasteiger partial charge in [0, 0.05) is 10.7 Å². The normalized spacial score (nSPS) is 10.0. The summed E-state index contributed by atoms with van der Waals surface area (Å²) < 4.78 is 5.91. The molecule has 0 radical (unpaired) electrons. The third-order valence-corrected chi connectivity index (χ3v) is 3.20. The van der Waals surface area contributed by atoms with E-state index in [1.165, 1.54) is 25.6 Å². The van der Waals surface area contributed by atoms with Crippen LogP contribution >= 0.6 is 15.9 Å². The predicted molar refractivity (Wildman–Crippen MR) is 79.8 cm³/mol. The van der Waals surface area contributed by atoms with Gasteiger partial charge in [0.05, 0.1) is 30.1 Å². The number of anilines is 1. The average molecular weight is 351 g/mol. The van der Waals surface area contributed by atoms with Crippen molar-refractivity contribution in [2.45, 2.75) is 0 Å². The topological polar surface area (TPSA) is 88.5 Å². The highest BCUT2D eigenvalue weighted by molar-refractivity contribution is 9.10. The zero-order valence-corrected chi connectivity index (χ0v) is 12.5. The molecule has 0 atom stereocenters. The number of carboxylic acids is 1. The first-order valence-corrected chi connectivity index (χ1v) is 6.64. The summed E-state index contributed by atoms with van der Waals surface area (Å²) in [5.74, 6) is -1.24. The highest BCUT2D eigenvalue weighted by Gasteiger charge is 2.16. The molecule has 0 saturated carbocycles. The molecule has 0 aliphatic rings. The van der Waals surface area contributed by atoms with Gasteiger partial charge in [-0.15, -0.1) is 0 Å².